The number of rotatable bonds is 1. The third kappa shape index (κ3) is 2.44. The molecule has 0 atom stereocenters. The molecular weight excluding hydrogens is 388 g/mol. The molecule has 0 aliphatic rings. The van der Waals surface area contributed by atoms with Gasteiger partial charge in [0.25, 0.3) is 11.1 Å². The molecule has 0 aliphatic carbocycles. The molecule has 0 radical (unpaired) electrons. The summed E-state index contributed by atoms with van der Waals surface area (Å²) < 4.78 is 2.78. The Morgan fingerprint density at radius 1 is 1.16 bits per heavy atom. The first-order valence-corrected chi connectivity index (χ1v) is 8.09. The van der Waals surface area contributed by atoms with E-state index < -0.39 is 16.8 Å². The number of nitrogens with zero attached hydrogens (tertiary/aromatic N) is 3. The van der Waals surface area contributed by atoms with Crippen LogP contribution in [0.4, 0.5) is 0 Å². The number of hydrogen-bond acceptors (Lipinski definition) is 4. The smallest absolute Gasteiger partial charge is 0.307 e. The summed E-state index contributed by atoms with van der Waals surface area (Å²) in [5, 5.41) is 9.62. The van der Waals surface area contributed by atoms with E-state index in [4.69, 9.17) is 0 Å². The zero-order valence-corrected chi connectivity index (χ0v) is 15.3. The average Bonchev–Trinajstić information content (AvgIpc) is 2.59. The molecule has 0 amide bonds. The highest BCUT2D eigenvalue weighted by Crippen LogP contribution is 2.33. The summed E-state index contributed by atoms with van der Waals surface area (Å²) in [4.78, 5) is 39.8. The molecule has 0 saturated carbocycles. The topological polar surface area (TPSA) is 101 Å². The van der Waals surface area contributed by atoms with Gasteiger partial charge in [0.15, 0.2) is 0 Å². The van der Waals surface area contributed by atoms with Crippen molar-refractivity contribution < 1.29 is 0 Å². The SMILES string of the molecule is Cc1ccc(Br)c(-c2c(C#N)c(=O)[nH]c3c2c(=O)n(C)c(=O)n3C)c1. The highest BCUT2D eigenvalue weighted by atomic mass is 79.9. The van der Waals surface area contributed by atoms with Crippen molar-refractivity contribution in [2.24, 2.45) is 14.1 Å². The normalized spacial score (nSPS) is 10.8. The van der Waals surface area contributed by atoms with Crippen molar-refractivity contribution >= 4 is 27.0 Å². The maximum Gasteiger partial charge on any atom is 0.332 e. The number of nitrogens with one attached hydrogen (secondary N) is 1. The van der Waals surface area contributed by atoms with Gasteiger partial charge in [-0.3, -0.25) is 18.7 Å². The Bertz CT molecular complexity index is 1260. The first-order chi connectivity index (χ1) is 11.8. The van der Waals surface area contributed by atoms with Crippen molar-refractivity contribution in [2.45, 2.75) is 6.92 Å². The second kappa shape index (κ2) is 5.86. The highest BCUT2D eigenvalue weighted by Gasteiger charge is 2.22. The molecule has 0 fully saturated rings. The Kier molecular flexibility index (Phi) is 3.97. The number of H-pyrrole nitrogens is 1. The number of hydrogen-bond donors (Lipinski definition) is 1. The molecule has 7 nitrogen and oxygen atoms in total. The minimum atomic E-state index is -0.651. The predicted octanol–water partition coefficient (Wildman–Crippen LogP) is 1.54. The van der Waals surface area contributed by atoms with Crippen LogP contribution in [0.2, 0.25) is 0 Å². The van der Waals surface area contributed by atoms with Crippen LogP contribution in [0.5, 0.6) is 0 Å². The molecule has 0 aliphatic heterocycles. The summed E-state index contributed by atoms with van der Waals surface area (Å²) in [5.41, 5.74) is -0.216. The second-order valence-corrected chi connectivity index (χ2v) is 6.58. The van der Waals surface area contributed by atoms with E-state index in [-0.39, 0.29) is 22.2 Å². The van der Waals surface area contributed by atoms with Crippen LogP contribution in [0, 0.1) is 18.3 Å². The van der Waals surface area contributed by atoms with E-state index in [0.717, 1.165) is 10.1 Å². The van der Waals surface area contributed by atoms with Crippen molar-refractivity contribution in [2.75, 3.05) is 0 Å². The van der Waals surface area contributed by atoms with Crippen molar-refractivity contribution in [3.05, 3.63) is 65.0 Å². The first-order valence-electron chi connectivity index (χ1n) is 7.30. The van der Waals surface area contributed by atoms with Gasteiger partial charge >= 0.3 is 5.69 Å². The predicted molar refractivity (Wildman–Crippen MR) is 97.6 cm³/mol. The number of nitriles is 1. The number of halogens is 1. The third-order valence-electron chi connectivity index (χ3n) is 4.13. The average molecular weight is 401 g/mol. The van der Waals surface area contributed by atoms with Crippen LogP contribution in [0.25, 0.3) is 22.2 Å². The Balaban J connectivity index is 2.74. The fraction of sp³-hybridized carbons (Fsp3) is 0.176. The lowest BCUT2D eigenvalue weighted by molar-refractivity contribution is 0.707. The summed E-state index contributed by atoms with van der Waals surface area (Å²) >= 11 is 3.42. The molecule has 0 bridgehead atoms. The number of aromatic amines is 1. The minimum Gasteiger partial charge on any atom is -0.307 e. The molecule has 126 valence electrons. The van der Waals surface area contributed by atoms with Gasteiger partial charge in [-0.15, -0.1) is 0 Å². The van der Waals surface area contributed by atoms with Crippen LogP contribution in [0.15, 0.2) is 37.1 Å². The van der Waals surface area contributed by atoms with Crippen LogP contribution >= 0.6 is 15.9 Å². The van der Waals surface area contributed by atoms with Crippen molar-refractivity contribution in [3.8, 4) is 17.2 Å². The van der Waals surface area contributed by atoms with E-state index in [2.05, 4.69) is 20.9 Å². The van der Waals surface area contributed by atoms with Gasteiger partial charge in [0, 0.05) is 24.1 Å². The van der Waals surface area contributed by atoms with Gasteiger partial charge in [-0.1, -0.05) is 33.6 Å². The molecule has 2 heterocycles. The molecule has 25 heavy (non-hydrogen) atoms. The fourth-order valence-corrected chi connectivity index (χ4v) is 3.28. The van der Waals surface area contributed by atoms with Gasteiger partial charge in [-0.2, -0.15) is 5.26 Å². The molecule has 3 aromatic rings. The van der Waals surface area contributed by atoms with Gasteiger partial charge in [-0.25, -0.2) is 4.79 Å². The highest BCUT2D eigenvalue weighted by molar-refractivity contribution is 9.10. The molecule has 0 saturated heterocycles. The lowest BCUT2D eigenvalue weighted by Crippen LogP contribution is -2.38. The summed E-state index contributed by atoms with van der Waals surface area (Å²) in [6.45, 7) is 1.87. The van der Waals surface area contributed by atoms with Crippen molar-refractivity contribution in [1.29, 1.82) is 5.26 Å². The van der Waals surface area contributed by atoms with Crippen molar-refractivity contribution in [1.82, 2.24) is 14.1 Å². The maximum absolute atomic E-state index is 12.8. The number of pyridine rings is 1. The van der Waals surface area contributed by atoms with Crippen LogP contribution in [0.3, 0.4) is 0 Å². The Morgan fingerprint density at radius 3 is 2.48 bits per heavy atom. The molecule has 1 aromatic carbocycles. The Morgan fingerprint density at radius 2 is 1.84 bits per heavy atom. The van der Waals surface area contributed by atoms with Crippen LogP contribution in [0.1, 0.15) is 11.1 Å². The summed E-state index contributed by atoms with van der Waals surface area (Å²) in [6.07, 6.45) is 0. The third-order valence-corrected chi connectivity index (χ3v) is 4.82. The van der Waals surface area contributed by atoms with Gasteiger partial charge < -0.3 is 4.98 Å². The van der Waals surface area contributed by atoms with Crippen molar-refractivity contribution in [3.63, 3.8) is 0 Å². The monoisotopic (exact) mass is 400 g/mol. The number of aromatic nitrogens is 3. The molecular formula is C17H13BrN4O3. The molecule has 0 spiro atoms. The Labute approximate surface area is 149 Å². The van der Waals surface area contributed by atoms with E-state index in [9.17, 15) is 19.6 Å². The lowest BCUT2D eigenvalue weighted by Gasteiger charge is -2.14. The quantitative estimate of drug-likeness (QED) is 0.669. The minimum absolute atomic E-state index is 0.0838. The molecule has 3 rings (SSSR count). The van der Waals surface area contributed by atoms with E-state index >= 15 is 0 Å². The second-order valence-electron chi connectivity index (χ2n) is 5.73. The summed E-state index contributed by atoms with van der Waals surface area (Å²) in [5.74, 6) is 0. The van der Waals surface area contributed by atoms with Gasteiger partial charge in [0.1, 0.15) is 17.3 Å². The fourth-order valence-electron chi connectivity index (χ4n) is 2.83. The number of benzene rings is 1. The van der Waals surface area contributed by atoms with Gasteiger partial charge in [-0.05, 0) is 18.6 Å². The first kappa shape index (κ1) is 16.9. The maximum atomic E-state index is 12.8. The summed E-state index contributed by atoms with van der Waals surface area (Å²) in [6, 6.07) is 7.31. The van der Waals surface area contributed by atoms with E-state index in [0.29, 0.717) is 10.0 Å². The molecule has 2 aromatic heterocycles. The standard InChI is InChI=1S/C17H13BrN4O3/c1-8-4-5-11(18)9(6-8)12-10(7-19)15(23)20-14-13(12)16(24)22(3)17(25)21(14)2/h4-6H,1-3H3,(H,20,23). The Hall–Kier alpha value is -2.92. The van der Waals surface area contributed by atoms with Crippen LogP contribution in [-0.2, 0) is 14.1 Å². The van der Waals surface area contributed by atoms with Crippen LogP contribution < -0.4 is 16.8 Å². The van der Waals surface area contributed by atoms with E-state index in [1.54, 1.807) is 12.1 Å². The number of aryl methyl sites for hydroxylation is 2. The number of fused-ring (bicyclic) bond motifs is 1. The molecule has 8 heteroatoms. The van der Waals surface area contributed by atoms with Gasteiger partial charge in [0.05, 0.1) is 5.39 Å². The zero-order chi connectivity index (χ0) is 18.5. The molecule has 1 N–H and O–H groups in total. The van der Waals surface area contributed by atoms with E-state index in [1.165, 1.54) is 18.7 Å². The van der Waals surface area contributed by atoms with Gasteiger partial charge in [0.2, 0.25) is 0 Å². The lowest BCUT2D eigenvalue weighted by atomic mass is 9.97. The van der Waals surface area contributed by atoms with Crippen LogP contribution in [-0.4, -0.2) is 14.1 Å². The molecule has 0 unspecified atom stereocenters. The largest absolute Gasteiger partial charge is 0.332 e. The zero-order valence-electron chi connectivity index (χ0n) is 13.7. The summed E-state index contributed by atoms with van der Waals surface area (Å²) in [7, 11) is 2.82. The van der Waals surface area contributed by atoms with E-state index in [1.807, 2.05) is 19.1 Å².